The first-order chi connectivity index (χ1) is 9.46. The number of rotatable bonds is 3. The number of hydrogen-bond donors (Lipinski definition) is 0. The predicted octanol–water partition coefficient (Wildman–Crippen LogP) is 0.440. The summed E-state index contributed by atoms with van der Waals surface area (Å²) < 4.78 is 44.3. The van der Waals surface area contributed by atoms with E-state index in [0.29, 0.717) is 0 Å². The van der Waals surface area contributed by atoms with Gasteiger partial charge in [-0.05, 0) is 0 Å². The Labute approximate surface area is 139 Å². The third-order valence-electron chi connectivity index (χ3n) is 1.20. The summed E-state index contributed by atoms with van der Waals surface area (Å²) in [6, 6.07) is 0. The van der Waals surface area contributed by atoms with Crippen molar-refractivity contribution in [2.24, 2.45) is 0 Å². The van der Waals surface area contributed by atoms with Crippen LogP contribution in [0.15, 0.2) is 0 Å². The van der Waals surface area contributed by atoms with E-state index in [4.69, 9.17) is 23.3 Å². The van der Waals surface area contributed by atoms with Gasteiger partial charge < -0.3 is 0 Å². The van der Waals surface area contributed by atoms with E-state index < -0.39 is 8.37 Å². The molecule has 0 spiro atoms. The Morgan fingerprint density at radius 1 is 0.476 bits per heavy atom. The summed E-state index contributed by atoms with van der Waals surface area (Å²) in [7, 11) is 12.1. The standard InChI is InChI=1S/C6H18N3P.5CO.Cr/c1-7(2)10(8(3)4)9(5)6;5*1-2;/h1-6H3;;;;;;/p+1. The maximum Gasteiger partial charge on any atom is 0 e. The van der Waals surface area contributed by atoms with Gasteiger partial charge in [-0.3, -0.25) is 0 Å². The molecule has 0 saturated carbocycles. The second-order valence-electron chi connectivity index (χ2n) is 2.98. The molecule has 0 fully saturated rings. The third-order valence-corrected chi connectivity index (χ3v) is 3.60. The van der Waals surface area contributed by atoms with Gasteiger partial charge in [0.15, 0.2) is 0 Å². The molecule has 0 saturated heterocycles. The van der Waals surface area contributed by atoms with Crippen LogP contribution in [0, 0.1) is 33.3 Å². The van der Waals surface area contributed by atoms with Crippen molar-refractivity contribution in [1.82, 2.24) is 14.0 Å². The normalized spacial score (nSPS) is 6.48. The molecule has 0 N–H and O–H groups in total. The molecule has 0 radical (unpaired) electrons. The summed E-state index contributed by atoms with van der Waals surface area (Å²) >= 11 is 0. The van der Waals surface area contributed by atoms with Gasteiger partial charge in [-0.25, -0.2) is 0 Å². The molecule has 0 aliphatic rings. The summed E-state index contributed by atoms with van der Waals surface area (Å²) in [6.45, 7) is 22.5. The van der Waals surface area contributed by atoms with Gasteiger partial charge in [0.1, 0.15) is 0 Å². The van der Waals surface area contributed by atoms with Crippen molar-refractivity contribution in [1.29, 1.82) is 0 Å². The third kappa shape index (κ3) is 45.1. The van der Waals surface area contributed by atoms with Crippen molar-refractivity contribution in [3.63, 3.8) is 0 Å². The summed E-state index contributed by atoms with van der Waals surface area (Å²) in [4.78, 5) is 0. The maximum atomic E-state index is 7.50. The number of nitrogens with zero attached hydrogens (tertiary/aromatic N) is 3. The van der Waals surface area contributed by atoms with Crippen LogP contribution in [0.1, 0.15) is 0 Å². The van der Waals surface area contributed by atoms with E-state index in [9.17, 15) is 0 Å². The van der Waals surface area contributed by atoms with Gasteiger partial charge in [-0.2, -0.15) is 14.0 Å². The molecular formula is C11H19CrN3O5P+. The van der Waals surface area contributed by atoms with Crippen LogP contribution < -0.4 is 0 Å². The second kappa shape index (κ2) is 50.4. The van der Waals surface area contributed by atoms with Crippen LogP contribution >= 0.6 is 8.37 Å². The van der Waals surface area contributed by atoms with Crippen LogP contribution in [0.5, 0.6) is 0 Å². The van der Waals surface area contributed by atoms with Gasteiger partial charge in [0.05, 0.1) is 0 Å². The fourth-order valence-electron chi connectivity index (χ4n) is 1.20. The van der Waals surface area contributed by atoms with Crippen molar-refractivity contribution in [3.05, 3.63) is 33.3 Å². The molecule has 8 nitrogen and oxygen atoms in total. The first-order valence-electron chi connectivity index (χ1n) is 4.37. The van der Waals surface area contributed by atoms with Crippen LogP contribution in [-0.2, 0) is 40.6 Å². The fourth-order valence-corrected chi connectivity index (χ4v) is 3.60. The second-order valence-corrected chi connectivity index (χ2v) is 6.27. The molecular weight excluding hydrogens is 337 g/mol. The summed E-state index contributed by atoms with van der Waals surface area (Å²) in [5.74, 6) is 0. The van der Waals surface area contributed by atoms with Gasteiger partial charge in [0.25, 0.3) is 0 Å². The summed E-state index contributed by atoms with van der Waals surface area (Å²) in [5, 5.41) is 0. The topological polar surface area (TPSA) is 109 Å². The average Bonchev–Trinajstić information content (AvgIpc) is 2.48. The van der Waals surface area contributed by atoms with E-state index >= 15 is 0 Å². The van der Waals surface area contributed by atoms with E-state index in [2.05, 4.69) is 89.5 Å². The van der Waals surface area contributed by atoms with Gasteiger partial charge in [0, 0.05) is 59.6 Å². The van der Waals surface area contributed by atoms with Crippen LogP contribution in [-0.4, -0.2) is 56.3 Å². The smallest absolute Gasteiger partial charge is 0 e. The van der Waals surface area contributed by atoms with Crippen LogP contribution in [0.4, 0.5) is 0 Å². The maximum absolute atomic E-state index is 7.50. The Hall–Kier alpha value is -0.458. The van der Waals surface area contributed by atoms with Gasteiger partial charge in [-0.15, -0.1) is 0 Å². The van der Waals surface area contributed by atoms with Gasteiger partial charge in [-0.1, -0.05) is 0 Å². The molecule has 0 unspecified atom stereocenters. The zero-order valence-electron chi connectivity index (χ0n) is 12.8. The van der Waals surface area contributed by atoms with E-state index in [0.717, 1.165) is 0 Å². The Bertz CT molecular complexity index is 211. The van der Waals surface area contributed by atoms with Gasteiger partial charge >= 0.3 is 56.5 Å². The van der Waals surface area contributed by atoms with Crippen LogP contribution in [0.25, 0.3) is 0 Å². The minimum atomic E-state index is -0.596. The van der Waals surface area contributed by atoms with Crippen molar-refractivity contribution >= 4 is 8.37 Å². The molecule has 118 valence electrons. The molecule has 0 heterocycles. The molecule has 21 heavy (non-hydrogen) atoms. The van der Waals surface area contributed by atoms with Crippen LogP contribution in [0.2, 0.25) is 0 Å². The Balaban J connectivity index is -0.0000000303. The quantitative estimate of drug-likeness (QED) is 0.416. The average molecular weight is 356 g/mol. The summed E-state index contributed by atoms with van der Waals surface area (Å²) in [5.41, 5.74) is 0. The van der Waals surface area contributed by atoms with Crippen molar-refractivity contribution in [2.75, 3.05) is 42.3 Å². The monoisotopic (exact) mass is 356 g/mol. The van der Waals surface area contributed by atoms with E-state index in [1.165, 1.54) is 0 Å². The minimum absolute atomic E-state index is 0. The molecule has 0 aliphatic heterocycles. The van der Waals surface area contributed by atoms with Crippen molar-refractivity contribution in [3.8, 4) is 0 Å². The van der Waals surface area contributed by atoms with E-state index in [1.54, 1.807) is 0 Å². The zero-order valence-corrected chi connectivity index (χ0v) is 15.1. The Kier molecular flexibility index (Phi) is 103. The number of hydrogen-bond acceptors (Lipinski definition) is 3. The van der Waals surface area contributed by atoms with Crippen molar-refractivity contribution < 1.29 is 40.6 Å². The predicted molar refractivity (Wildman–Crippen MR) is 69.0 cm³/mol. The molecule has 0 amide bonds. The molecule has 0 rings (SSSR count). The van der Waals surface area contributed by atoms with Crippen LogP contribution in [0.3, 0.4) is 0 Å². The van der Waals surface area contributed by atoms with Crippen molar-refractivity contribution in [2.45, 2.75) is 0 Å². The first-order valence-corrected chi connectivity index (χ1v) is 5.72. The molecule has 0 aromatic rings. The molecule has 0 bridgehead atoms. The van der Waals surface area contributed by atoms with Gasteiger partial charge in [0.2, 0.25) is 8.37 Å². The molecule has 0 aliphatic carbocycles. The molecule has 0 atom stereocenters. The SMILES string of the molecule is CN(C)[PH+](N(C)C)N(C)C.[C-]#[O+].[C-]#[O+].[C-]#[O+].[C-]#[O+].[C-]#[O+].[Cr]. The fraction of sp³-hybridized carbons (Fsp3) is 0.545. The van der Waals surface area contributed by atoms with E-state index in [-0.39, 0.29) is 17.4 Å². The first kappa shape index (κ1) is 42.8. The van der Waals surface area contributed by atoms with E-state index in [1.807, 2.05) is 0 Å². The summed E-state index contributed by atoms with van der Waals surface area (Å²) in [6.07, 6.45) is 0. The minimum Gasteiger partial charge on any atom is 0 e. The Morgan fingerprint density at radius 3 is 0.571 bits per heavy atom. The molecule has 10 heteroatoms. The zero-order chi connectivity index (χ0) is 18.3. The largest absolute Gasteiger partial charge is 0 e. The molecule has 0 aromatic heterocycles. The Morgan fingerprint density at radius 2 is 0.571 bits per heavy atom. The molecule has 0 aromatic carbocycles.